The van der Waals surface area contributed by atoms with Crippen molar-refractivity contribution in [2.24, 2.45) is 0 Å². The number of fused-ring (bicyclic) bond motifs is 3. The minimum Gasteiger partial charge on any atom is -0.480 e. The van der Waals surface area contributed by atoms with Crippen molar-refractivity contribution in [1.29, 1.82) is 0 Å². The molecule has 0 radical (unpaired) electrons. The minimum atomic E-state index is -0.487. The Hall–Kier alpha value is -3.93. The maximum Gasteiger partial charge on any atom is 0.226 e. The van der Waals surface area contributed by atoms with Gasteiger partial charge in [-0.25, -0.2) is 9.07 Å². The van der Waals surface area contributed by atoms with Crippen molar-refractivity contribution in [1.82, 2.24) is 14.8 Å². The summed E-state index contributed by atoms with van der Waals surface area (Å²) in [4.78, 5) is 4.37. The lowest BCUT2D eigenvalue weighted by atomic mass is 9.84. The van der Waals surface area contributed by atoms with Crippen LogP contribution in [0.25, 0.3) is 5.70 Å². The molecule has 5 nitrogen and oxygen atoms in total. The molecule has 0 saturated carbocycles. The van der Waals surface area contributed by atoms with Crippen LogP contribution in [-0.2, 0) is 0 Å². The molecule has 30 heavy (non-hydrogen) atoms. The predicted octanol–water partition coefficient (Wildman–Crippen LogP) is 4.98. The van der Waals surface area contributed by atoms with Gasteiger partial charge in [-0.3, -0.25) is 0 Å². The number of rotatable bonds is 2. The zero-order valence-corrected chi connectivity index (χ0v) is 15.9. The molecule has 0 fully saturated rings. The third-order valence-corrected chi connectivity index (χ3v) is 5.62. The number of para-hydroxylation sites is 1. The summed E-state index contributed by atoms with van der Waals surface area (Å²) in [6.07, 6.45) is 1.09. The zero-order chi connectivity index (χ0) is 20.1. The standard InChI is InChI=1S/C24H17FN4O/c25-18-12-6-4-10-16(18)22-20-21(28-24-26-14-27-29(22)24)17-11-5-7-13-19(17)30-23(20)15-8-2-1-3-9-15/h1-14,22-23H,(H,26,27,28). The maximum absolute atomic E-state index is 15.0. The van der Waals surface area contributed by atoms with Gasteiger partial charge in [0.1, 0.15) is 30.0 Å². The summed E-state index contributed by atoms with van der Waals surface area (Å²) in [7, 11) is 0. The van der Waals surface area contributed by atoms with Gasteiger partial charge in [0.15, 0.2) is 0 Å². The predicted molar refractivity (Wildman–Crippen MR) is 111 cm³/mol. The molecule has 146 valence electrons. The Balaban J connectivity index is 1.66. The number of halogens is 1. The van der Waals surface area contributed by atoms with E-state index in [1.165, 1.54) is 12.4 Å². The first kappa shape index (κ1) is 17.0. The average Bonchev–Trinajstić information content (AvgIpc) is 3.27. The first-order chi connectivity index (χ1) is 14.8. The molecular weight excluding hydrogens is 379 g/mol. The molecule has 3 heterocycles. The van der Waals surface area contributed by atoms with E-state index in [1.54, 1.807) is 16.8 Å². The first-order valence-electron chi connectivity index (χ1n) is 9.77. The average molecular weight is 396 g/mol. The number of benzene rings is 3. The molecule has 2 unspecified atom stereocenters. The van der Waals surface area contributed by atoms with E-state index in [0.717, 1.165) is 28.1 Å². The fraction of sp³-hybridized carbons (Fsp3) is 0.0833. The number of hydrogen-bond acceptors (Lipinski definition) is 4. The Morgan fingerprint density at radius 3 is 2.53 bits per heavy atom. The van der Waals surface area contributed by atoms with Crippen LogP contribution in [0.3, 0.4) is 0 Å². The van der Waals surface area contributed by atoms with E-state index in [1.807, 2.05) is 60.7 Å². The monoisotopic (exact) mass is 396 g/mol. The smallest absolute Gasteiger partial charge is 0.226 e. The lowest BCUT2D eigenvalue weighted by molar-refractivity contribution is 0.222. The van der Waals surface area contributed by atoms with Crippen LogP contribution in [0.1, 0.15) is 28.8 Å². The number of nitrogens with one attached hydrogen (secondary N) is 1. The molecule has 2 aliphatic rings. The Morgan fingerprint density at radius 2 is 1.67 bits per heavy atom. The lowest BCUT2D eigenvalue weighted by Gasteiger charge is -2.39. The maximum atomic E-state index is 15.0. The summed E-state index contributed by atoms with van der Waals surface area (Å²) >= 11 is 0. The van der Waals surface area contributed by atoms with E-state index in [-0.39, 0.29) is 5.82 Å². The second kappa shape index (κ2) is 6.56. The topological polar surface area (TPSA) is 52.0 Å². The number of ether oxygens (including phenoxy) is 1. The van der Waals surface area contributed by atoms with Gasteiger partial charge in [-0.05, 0) is 23.8 Å². The summed E-state index contributed by atoms with van der Waals surface area (Å²) < 4.78 is 23.2. The molecule has 0 aliphatic carbocycles. The van der Waals surface area contributed by atoms with Gasteiger partial charge in [0.25, 0.3) is 0 Å². The van der Waals surface area contributed by atoms with Crippen molar-refractivity contribution in [3.05, 3.63) is 113 Å². The second-order valence-corrected chi connectivity index (χ2v) is 7.31. The summed E-state index contributed by atoms with van der Waals surface area (Å²) in [5.41, 5.74) is 4.24. The van der Waals surface area contributed by atoms with Crippen molar-refractivity contribution in [3.63, 3.8) is 0 Å². The molecule has 6 heteroatoms. The van der Waals surface area contributed by atoms with E-state index < -0.39 is 12.1 Å². The summed E-state index contributed by atoms with van der Waals surface area (Å²) in [5.74, 6) is 1.06. The van der Waals surface area contributed by atoms with E-state index in [9.17, 15) is 0 Å². The van der Waals surface area contributed by atoms with E-state index in [4.69, 9.17) is 4.74 Å². The van der Waals surface area contributed by atoms with Crippen LogP contribution in [0.2, 0.25) is 0 Å². The Bertz CT molecular complexity index is 1280. The molecule has 1 aromatic heterocycles. The third kappa shape index (κ3) is 2.47. The van der Waals surface area contributed by atoms with Gasteiger partial charge in [0.2, 0.25) is 5.95 Å². The molecular formula is C24H17FN4O. The molecule has 6 rings (SSSR count). The molecule has 2 aliphatic heterocycles. The van der Waals surface area contributed by atoms with E-state index in [0.29, 0.717) is 11.5 Å². The third-order valence-electron chi connectivity index (χ3n) is 5.62. The second-order valence-electron chi connectivity index (χ2n) is 7.31. The van der Waals surface area contributed by atoms with Crippen LogP contribution in [0.4, 0.5) is 10.3 Å². The fourth-order valence-corrected chi connectivity index (χ4v) is 4.32. The van der Waals surface area contributed by atoms with E-state index >= 15 is 4.39 Å². The minimum absolute atomic E-state index is 0.289. The van der Waals surface area contributed by atoms with Gasteiger partial charge >= 0.3 is 0 Å². The van der Waals surface area contributed by atoms with Gasteiger partial charge < -0.3 is 10.1 Å². The van der Waals surface area contributed by atoms with Gasteiger partial charge in [-0.1, -0.05) is 60.7 Å². The number of nitrogens with zero attached hydrogens (tertiary/aromatic N) is 3. The van der Waals surface area contributed by atoms with Crippen molar-refractivity contribution in [3.8, 4) is 5.75 Å². The van der Waals surface area contributed by atoms with Crippen LogP contribution in [0.5, 0.6) is 5.75 Å². The molecule has 0 amide bonds. The Labute approximate surface area is 172 Å². The highest BCUT2D eigenvalue weighted by molar-refractivity contribution is 5.85. The molecule has 0 spiro atoms. The van der Waals surface area contributed by atoms with Crippen molar-refractivity contribution < 1.29 is 9.13 Å². The lowest BCUT2D eigenvalue weighted by Crippen LogP contribution is -2.32. The van der Waals surface area contributed by atoms with Crippen LogP contribution in [0.15, 0.2) is 90.8 Å². The quantitative estimate of drug-likeness (QED) is 0.519. The largest absolute Gasteiger partial charge is 0.480 e. The Morgan fingerprint density at radius 1 is 0.900 bits per heavy atom. The highest BCUT2D eigenvalue weighted by atomic mass is 19.1. The molecule has 4 aromatic rings. The van der Waals surface area contributed by atoms with Gasteiger partial charge in [0, 0.05) is 16.7 Å². The van der Waals surface area contributed by atoms with Crippen LogP contribution in [-0.4, -0.2) is 14.8 Å². The molecule has 1 N–H and O–H groups in total. The number of hydrogen-bond donors (Lipinski definition) is 1. The molecule has 0 saturated heterocycles. The summed E-state index contributed by atoms with van der Waals surface area (Å²) in [5, 5.41) is 7.84. The van der Waals surface area contributed by atoms with Gasteiger partial charge in [0.05, 0.1) is 5.70 Å². The Kier molecular flexibility index (Phi) is 3.71. The zero-order valence-electron chi connectivity index (χ0n) is 15.9. The summed E-state index contributed by atoms with van der Waals surface area (Å²) in [6.45, 7) is 0. The summed E-state index contributed by atoms with van der Waals surface area (Å²) in [6, 6.07) is 24.2. The molecule has 0 bridgehead atoms. The molecule has 3 aromatic carbocycles. The normalized spacial score (nSPS) is 19.2. The highest BCUT2D eigenvalue weighted by Crippen LogP contribution is 2.50. The van der Waals surface area contributed by atoms with Gasteiger partial charge in [-0.15, -0.1) is 0 Å². The fourth-order valence-electron chi connectivity index (χ4n) is 4.32. The number of anilines is 1. The number of aromatic nitrogens is 3. The van der Waals surface area contributed by atoms with Crippen LogP contribution >= 0.6 is 0 Å². The van der Waals surface area contributed by atoms with Crippen LogP contribution in [0, 0.1) is 5.82 Å². The first-order valence-corrected chi connectivity index (χ1v) is 9.77. The molecule has 2 atom stereocenters. The SMILES string of the molecule is Fc1ccccc1C1C2=C(Nc3ncnn31)c1ccccc1OC2c1ccccc1. The highest BCUT2D eigenvalue weighted by Gasteiger charge is 2.41. The van der Waals surface area contributed by atoms with Crippen molar-refractivity contribution >= 4 is 11.6 Å². The van der Waals surface area contributed by atoms with Crippen molar-refractivity contribution in [2.75, 3.05) is 5.32 Å². The van der Waals surface area contributed by atoms with E-state index in [2.05, 4.69) is 15.4 Å². The van der Waals surface area contributed by atoms with Crippen molar-refractivity contribution in [2.45, 2.75) is 12.1 Å². The van der Waals surface area contributed by atoms with Crippen LogP contribution < -0.4 is 10.1 Å². The van der Waals surface area contributed by atoms with Gasteiger partial charge in [-0.2, -0.15) is 10.1 Å².